The van der Waals surface area contributed by atoms with Gasteiger partial charge in [0, 0.05) is 39.3 Å². The van der Waals surface area contributed by atoms with E-state index in [2.05, 4.69) is 20.3 Å². The number of piperazine rings is 1. The second-order valence-corrected chi connectivity index (χ2v) is 3.86. The predicted molar refractivity (Wildman–Crippen MR) is 57.1 cm³/mol. The molecule has 0 radical (unpaired) electrons. The fourth-order valence-corrected chi connectivity index (χ4v) is 1.89. The number of rotatable bonds is 3. The SMILES string of the molecule is Cn1ncnc1CN1CCNCC1CN. The first-order chi connectivity index (χ1) is 7.31. The fourth-order valence-electron chi connectivity index (χ4n) is 1.89. The molecule has 2 heterocycles. The number of hydrogen-bond donors (Lipinski definition) is 2. The summed E-state index contributed by atoms with van der Waals surface area (Å²) >= 11 is 0. The molecule has 0 aliphatic carbocycles. The van der Waals surface area contributed by atoms with E-state index in [-0.39, 0.29) is 0 Å². The largest absolute Gasteiger partial charge is 0.329 e. The molecule has 1 aliphatic heterocycles. The molecule has 0 aromatic carbocycles. The molecule has 1 atom stereocenters. The molecule has 84 valence electrons. The minimum Gasteiger partial charge on any atom is -0.329 e. The molecule has 2 rings (SSSR count). The first kappa shape index (κ1) is 10.5. The van der Waals surface area contributed by atoms with Crippen LogP contribution in [0.25, 0.3) is 0 Å². The topological polar surface area (TPSA) is 72.0 Å². The summed E-state index contributed by atoms with van der Waals surface area (Å²) in [5.41, 5.74) is 5.74. The van der Waals surface area contributed by atoms with Gasteiger partial charge in [-0.05, 0) is 0 Å². The number of nitrogens with two attached hydrogens (primary N) is 1. The lowest BCUT2D eigenvalue weighted by molar-refractivity contribution is 0.152. The minimum atomic E-state index is 0.412. The van der Waals surface area contributed by atoms with E-state index in [0.717, 1.165) is 32.0 Å². The maximum atomic E-state index is 5.74. The van der Waals surface area contributed by atoms with Gasteiger partial charge in [-0.2, -0.15) is 5.10 Å². The smallest absolute Gasteiger partial charge is 0.140 e. The van der Waals surface area contributed by atoms with Gasteiger partial charge in [-0.15, -0.1) is 0 Å². The Morgan fingerprint density at radius 3 is 3.20 bits per heavy atom. The van der Waals surface area contributed by atoms with Crippen molar-refractivity contribution in [3.05, 3.63) is 12.2 Å². The van der Waals surface area contributed by atoms with Crippen LogP contribution >= 0.6 is 0 Å². The highest BCUT2D eigenvalue weighted by Crippen LogP contribution is 2.06. The number of aryl methyl sites for hydroxylation is 1. The van der Waals surface area contributed by atoms with Crippen molar-refractivity contribution in [2.24, 2.45) is 12.8 Å². The summed E-state index contributed by atoms with van der Waals surface area (Å²) in [6, 6.07) is 0.412. The molecule has 1 aliphatic rings. The van der Waals surface area contributed by atoms with Gasteiger partial charge in [0.25, 0.3) is 0 Å². The van der Waals surface area contributed by atoms with Crippen LogP contribution in [-0.2, 0) is 13.6 Å². The molecule has 1 fully saturated rings. The molecule has 3 N–H and O–H groups in total. The van der Waals surface area contributed by atoms with Gasteiger partial charge in [0.05, 0.1) is 6.54 Å². The van der Waals surface area contributed by atoms with Gasteiger partial charge in [0.2, 0.25) is 0 Å². The first-order valence-electron chi connectivity index (χ1n) is 5.29. The molecule has 6 nitrogen and oxygen atoms in total. The third-order valence-electron chi connectivity index (χ3n) is 2.89. The van der Waals surface area contributed by atoms with Gasteiger partial charge >= 0.3 is 0 Å². The fraction of sp³-hybridized carbons (Fsp3) is 0.778. The van der Waals surface area contributed by atoms with Crippen LogP contribution < -0.4 is 11.1 Å². The second kappa shape index (κ2) is 4.69. The number of hydrogen-bond acceptors (Lipinski definition) is 5. The molecule has 1 aromatic rings. The molecule has 1 aromatic heterocycles. The quantitative estimate of drug-likeness (QED) is 0.638. The highest BCUT2D eigenvalue weighted by atomic mass is 15.3. The van der Waals surface area contributed by atoms with Crippen molar-refractivity contribution >= 4 is 0 Å². The second-order valence-electron chi connectivity index (χ2n) is 3.86. The first-order valence-corrected chi connectivity index (χ1v) is 5.29. The van der Waals surface area contributed by atoms with Crippen LogP contribution in [0.15, 0.2) is 6.33 Å². The maximum Gasteiger partial charge on any atom is 0.140 e. The summed E-state index contributed by atoms with van der Waals surface area (Å²) in [6.45, 7) is 4.53. The third-order valence-corrected chi connectivity index (χ3v) is 2.89. The van der Waals surface area contributed by atoms with E-state index in [1.807, 2.05) is 11.7 Å². The van der Waals surface area contributed by atoms with E-state index in [9.17, 15) is 0 Å². The van der Waals surface area contributed by atoms with E-state index >= 15 is 0 Å². The molecule has 1 unspecified atom stereocenters. The van der Waals surface area contributed by atoms with Crippen LogP contribution in [0, 0.1) is 0 Å². The summed E-state index contributed by atoms with van der Waals surface area (Å²) in [7, 11) is 1.92. The Bertz CT molecular complexity index is 309. The van der Waals surface area contributed by atoms with Gasteiger partial charge in [0.15, 0.2) is 0 Å². The Balaban J connectivity index is 2.00. The highest BCUT2D eigenvalue weighted by Gasteiger charge is 2.21. The van der Waals surface area contributed by atoms with Crippen LogP contribution in [0.2, 0.25) is 0 Å². The summed E-state index contributed by atoms with van der Waals surface area (Å²) in [6.07, 6.45) is 1.59. The summed E-state index contributed by atoms with van der Waals surface area (Å²) < 4.78 is 1.82. The van der Waals surface area contributed by atoms with Crippen LogP contribution in [0.3, 0.4) is 0 Å². The molecule has 0 bridgehead atoms. The van der Waals surface area contributed by atoms with Crippen molar-refractivity contribution in [3.8, 4) is 0 Å². The standard InChI is InChI=1S/C9H18N6/c1-14-9(12-7-13-14)6-15-3-2-11-5-8(15)4-10/h7-8,11H,2-6,10H2,1H3. The average molecular weight is 210 g/mol. The van der Waals surface area contributed by atoms with Gasteiger partial charge in [0.1, 0.15) is 12.2 Å². The lowest BCUT2D eigenvalue weighted by atomic mass is 10.2. The van der Waals surface area contributed by atoms with Crippen molar-refractivity contribution < 1.29 is 0 Å². The van der Waals surface area contributed by atoms with Crippen LogP contribution in [-0.4, -0.2) is 51.9 Å². The zero-order valence-corrected chi connectivity index (χ0v) is 9.06. The summed E-state index contributed by atoms with van der Waals surface area (Å²) in [5, 5.41) is 7.41. The number of nitrogens with zero attached hydrogens (tertiary/aromatic N) is 4. The normalized spacial score (nSPS) is 23.2. The maximum absolute atomic E-state index is 5.74. The monoisotopic (exact) mass is 210 g/mol. The van der Waals surface area contributed by atoms with E-state index in [1.54, 1.807) is 6.33 Å². The lowest BCUT2D eigenvalue weighted by Crippen LogP contribution is -2.54. The molecule has 15 heavy (non-hydrogen) atoms. The van der Waals surface area contributed by atoms with E-state index in [1.165, 1.54) is 0 Å². The molecule has 0 spiro atoms. The summed E-state index contributed by atoms with van der Waals surface area (Å²) in [4.78, 5) is 6.59. The van der Waals surface area contributed by atoms with Crippen molar-refractivity contribution in [1.29, 1.82) is 0 Å². The molecular formula is C9H18N6. The highest BCUT2D eigenvalue weighted by molar-refractivity contribution is 4.88. The zero-order chi connectivity index (χ0) is 10.7. The van der Waals surface area contributed by atoms with E-state index in [0.29, 0.717) is 12.6 Å². The van der Waals surface area contributed by atoms with Gasteiger partial charge in [-0.25, -0.2) is 4.98 Å². The van der Waals surface area contributed by atoms with Gasteiger partial charge in [-0.1, -0.05) is 0 Å². The Hall–Kier alpha value is -0.980. The van der Waals surface area contributed by atoms with Crippen LogP contribution in [0.4, 0.5) is 0 Å². The number of nitrogens with one attached hydrogen (secondary N) is 1. The van der Waals surface area contributed by atoms with Crippen LogP contribution in [0.5, 0.6) is 0 Å². The van der Waals surface area contributed by atoms with E-state index < -0.39 is 0 Å². The molecular weight excluding hydrogens is 192 g/mol. The van der Waals surface area contributed by atoms with Crippen molar-refractivity contribution in [2.45, 2.75) is 12.6 Å². The zero-order valence-electron chi connectivity index (χ0n) is 9.06. The van der Waals surface area contributed by atoms with Crippen LogP contribution in [0.1, 0.15) is 5.82 Å². The summed E-state index contributed by atoms with van der Waals surface area (Å²) in [5.74, 6) is 0.996. The van der Waals surface area contributed by atoms with Crippen molar-refractivity contribution in [3.63, 3.8) is 0 Å². The Morgan fingerprint density at radius 1 is 1.67 bits per heavy atom. The van der Waals surface area contributed by atoms with Crippen molar-refractivity contribution in [1.82, 2.24) is 25.0 Å². The molecule has 1 saturated heterocycles. The number of aromatic nitrogens is 3. The third kappa shape index (κ3) is 2.34. The van der Waals surface area contributed by atoms with Gasteiger partial charge < -0.3 is 11.1 Å². The molecule has 6 heteroatoms. The molecule has 0 saturated carbocycles. The van der Waals surface area contributed by atoms with Gasteiger partial charge in [-0.3, -0.25) is 9.58 Å². The van der Waals surface area contributed by atoms with Crippen molar-refractivity contribution in [2.75, 3.05) is 26.2 Å². The average Bonchev–Trinajstić information content (AvgIpc) is 2.65. The molecule has 0 amide bonds. The lowest BCUT2D eigenvalue weighted by Gasteiger charge is -2.34. The Morgan fingerprint density at radius 2 is 2.53 bits per heavy atom. The predicted octanol–water partition coefficient (Wildman–Crippen LogP) is -1.45. The van der Waals surface area contributed by atoms with E-state index in [4.69, 9.17) is 5.73 Å². The Kier molecular flexibility index (Phi) is 3.30. The minimum absolute atomic E-state index is 0.412. The Labute approximate surface area is 89.5 Å².